The van der Waals surface area contributed by atoms with Crippen molar-refractivity contribution in [2.45, 2.75) is 44.8 Å². The third kappa shape index (κ3) is 6.73. The fourth-order valence-corrected chi connectivity index (χ4v) is 2.49. The first kappa shape index (κ1) is 17.7. The van der Waals surface area contributed by atoms with Gasteiger partial charge < -0.3 is 19.9 Å². The molecule has 2 unspecified atom stereocenters. The molecular weight excluding hydrogens is 268 g/mol. The maximum Gasteiger partial charge on any atom is 0.222 e. The summed E-state index contributed by atoms with van der Waals surface area (Å²) in [6.07, 6.45) is 7.70. The van der Waals surface area contributed by atoms with Crippen LogP contribution in [0.25, 0.3) is 0 Å². The number of hydrogen-bond donors (Lipinski definition) is 2. The Balaban J connectivity index is 2.47. The molecule has 0 saturated heterocycles. The number of aliphatic hydroxyl groups is 1. The average Bonchev–Trinajstić information content (AvgIpc) is 2.88. The summed E-state index contributed by atoms with van der Waals surface area (Å²) in [5.41, 5.74) is -0.922. The summed E-state index contributed by atoms with van der Waals surface area (Å²) in [5.74, 6) is -0.0406. The zero-order valence-corrected chi connectivity index (χ0v) is 13.5. The highest BCUT2D eigenvalue weighted by Gasteiger charge is 2.23. The van der Waals surface area contributed by atoms with Crippen molar-refractivity contribution in [3.63, 3.8) is 0 Å². The number of rotatable bonds is 9. The van der Waals surface area contributed by atoms with Gasteiger partial charge in [-0.3, -0.25) is 4.79 Å². The molecule has 1 amide bonds. The Labute approximate surface area is 127 Å². The summed E-state index contributed by atoms with van der Waals surface area (Å²) in [7, 11) is 3.79. The van der Waals surface area contributed by atoms with Gasteiger partial charge in [0, 0.05) is 37.9 Å². The van der Waals surface area contributed by atoms with Crippen LogP contribution < -0.4 is 5.32 Å². The largest absolute Gasteiger partial charge is 0.387 e. The molecule has 1 rings (SSSR count). The zero-order chi connectivity index (χ0) is 15.9. The predicted molar refractivity (Wildman–Crippen MR) is 83.0 cm³/mol. The fourth-order valence-electron chi connectivity index (χ4n) is 2.49. The number of nitrogens with one attached hydrogen (secondary N) is 1. The molecule has 1 aromatic heterocycles. The highest BCUT2D eigenvalue weighted by atomic mass is 16.3. The van der Waals surface area contributed by atoms with Gasteiger partial charge in [-0.05, 0) is 27.4 Å². The number of carbonyl (C=O) groups is 1. The number of imidazole rings is 1. The molecule has 2 atom stereocenters. The van der Waals surface area contributed by atoms with Gasteiger partial charge >= 0.3 is 0 Å². The number of hydrogen-bond acceptors (Lipinski definition) is 4. The Morgan fingerprint density at radius 2 is 2.24 bits per heavy atom. The van der Waals surface area contributed by atoms with Gasteiger partial charge in [0.1, 0.15) is 0 Å². The lowest BCUT2D eigenvalue weighted by Gasteiger charge is -2.27. The van der Waals surface area contributed by atoms with Crippen LogP contribution in [0.2, 0.25) is 0 Å². The van der Waals surface area contributed by atoms with Crippen LogP contribution in [-0.2, 0) is 4.79 Å². The topological polar surface area (TPSA) is 70.4 Å². The van der Waals surface area contributed by atoms with E-state index >= 15 is 0 Å². The minimum atomic E-state index is -0.922. The van der Waals surface area contributed by atoms with Crippen molar-refractivity contribution in [2.24, 2.45) is 0 Å². The quantitative estimate of drug-likeness (QED) is 0.714. The summed E-state index contributed by atoms with van der Waals surface area (Å²) < 4.78 is 1.97. The van der Waals surface area contributed by atoms with E-state index in [0.29, 0.717) is 13.0 Å². The second kappa shape index (κ2) is 8.14. The molecule has 21 heavy (non-hydrogen) atoms. The molecule has 0 saturated carbocycles. The maximum absolute atomic E-state index is 12.1. The second-order valence-corrected chi connectivity index (χ2v) is 6.17. The van der Waals surface area contributed by atoms with Gasteiger partial charge in [-0.15, -0.1) is 0 Å². The molecule has 0 aliphatic rings. The van der Waals surface area contributed by atoms with E-state index in [1.165, 1.54) is 0 Å². The molecule has 120 valence electrons. The first-order valence-corrected chi connectivity index (χ1v) is 7.45. The molecule has 1 aromatic rings. The lowest BCUT2D eigenvalue weighted by Crippen LogP contribution is -2.47. The van der Waals surface area contributed by atoms with Crippen LogP contribution in [0.5, 0.6) is 0 Å². The maximum atomic E-state index is 12.1. The van der Waals surface area contributed by atoms with Crippen LogP contribution >= 0.6 is 0 Å². The summed E-state index contributed by atoms with van der Waals surface area (Å²) in [6.45, 7) is 4.59. The van der Waals surface area contributed by atoms with Gasteiger partial charge in [-0.1, -0.05) is 13.3 Å². The number of nitrogens with zero attached hydrogens (tertiary/aromatic N) is 3. The van der Waals surface area contributed by atoms with Gasteiger partial charge in [0.25, 0.3) is 0 Å². The van der Waals surface area contributed by atoms with Crippen molar-refractivity contribution < 1.29 is 9.90 Å². The molecule has 0 radical (unpaired) electrons. The van der Waals surface area contributed by atoms with E-state index in [4.69, 9.17) is 0 Å². The van der Waals surface area contributed by atoms with Crippen LogP contribution in [0.1, 0.15) is 39.2 Å². The van der Waals surface area contributed by atoms with E-state index in [1.807, 2.05) is 29.8 Å². The van der Waals surface area contributed by atoms with Gasteiger partial charge in [-0.25, -0.2) is 4.98 Å². The van der Waals surface area contributed by atoms with Crippen molar-refractivity contribution >= 4 is 5.91 Å². The number of likely N-dealkylation sites (N-methyl/N-ethyl adjacent to an activating group) is 1. The lowest BCUT2D eigenvalue weighted by molar-refractivity contribution is -0.123. The molecule has 0 spiro atoms. The minimum Gasteiger partial charge on any atom is -0.387 e. The van der Waals surface area contributed by atoms with E-state index < -0.39 is 5.60 Å². The third-order valence-corrected chi connectivity index (χ3v) is 3.31. The summed E-state index contributed by atoms with van der Waals surface area (Å²) in [6, 6.07) is 0.122. The molecule has 6 nitrogen and oxygen atoms in total. The second-order valence-electron chi connectivity index (χ2n) is 6.17. The van der Waals surface area contributed by atoms with Gasteiger partial charge in [0.15, 0.2) is 0 Å². The van der Waals surface area contributed by atoms with E-state index in [2.05, 4.69) is 17.2 Å². The number of aromatic nitrogens is 2. The van der Waals surface area contributed by atoms with Crippen molar-refractivity contribution in [3.05, 3.63) is 18.7 Å². The van der Waals surface area contributed by atoms with E-state index in [1.54, 1.807) is 19.4 Å². The van der Waals surface area contributed by atoms with Crippen LogP contribution in [0.15, 0.2) is 18.7 Å². The van der Waals surface area contributed by atoms with Crippen LogP contribution in [0, 0.1) is 0 Å². The molecule has 0 bridgehead atoms. The molecular formula is C15H28N4O2. The van der Waals surface area contributed by atoms with Crippen molar-refractivity contribution in [2.75, 3.05) is 27.2 Å². The monoisotopic (exact) mass is 296 g/mol. The fraction of sp³-hybridized carbons (Fsp3) is 0.733. The predicted octanol–water partition coefficient (Wildman–Crippen LogP) is 1.04. The summed E-state index contributed by atoms with van der Waals surface area (Å²) in [4.78, 5) is 18.0. The molecule has 2 N–H and O–H groups in total. The smallest absolute Gasteiger partial charge is 0.222 e. The Bertz CT molecular complexity index is 415. The summed E-state index contributed by atoms with van der Waals surface area (Å²) >= 11 is 0. The Morgan fingerprint density at radius 1 is 1.52 bits per heavy atom. The highest BCUT2D eigenvalue weighted by Crippen LogP contribution is 2.17. The van der Waals surface area contributed by atoms with Gasteiger partial charge in [0.2, 0.25) is 5.91 Å². The molecule has 1 heterocycles. The van der Waals surface area contributed by atoms with Crippen molar-refractivity contribution in [1.29, 1.82) is 0 Å². The third-order valence-electron chi connectivity index (χ3n) is 3.31. The first-order chi connectivity index (χ1) is 9.84. The highest BCUT2D eigenvalue weighted by molar-refractivity contribution is 5.76. The van der Waals surface area contributed by atoms with E-state index in [9.17, 15) is 9.90 Å². The molecule has 6 heteroatoms. The minimum absolute atomic E-state index is 0.0406. The zero-order valence-electron chi connectivity index (χ0n) is 13.5. The van der Waals surface area contributed by atoms with Gasteiger partial charge in [0.05, 0.1) is 11.9 Å². The molecule has 0 fully saturated rings. The Morgan fingerprint density at radius 3 is 2.76 bits per heavy atom. The first-order valence-electron chi connectivity index (χ1n) is 7.45. The van der Waals surface area contributed by atoms with Crippen LogP contribution in [-0.4, -0.2) is 58.3 Å². The van der Waals surface area contributed by atoms with Gasteiger partial charge in [-0.2, -0.15) is 0 Å². The molecule has 0 aliphatic carbocycles. The summed E-state index contributed by atoms with van der Waals surface area (Å²) in [5, 5.41) is 13.0. The average molecular weight is 296 g/mol. The number of amides is 1. The van der Waals surface area contributed by atoms with Crippen molar-refractivity contribution in [3.8, 4) is 0 Å². The SMILES string of the molecule is CCCC(CC(=O)NCC(C)(O)CN(C)C)n1ccnc1. The van der Waals surface area contributed by atoms with E-state index in [-0.39, 0.29) is 18.5 Å². The number of carbonyl (C=O) groups excluding carboxylic acids is 1. The lowest BCUT2D eigenvalue weighted by atomic mass is 10.1. The normalized spacial score (nSPS) is 15.7. The van der Waals surface area contributed by atoms with Crippen molar-refractivity contribution in [1.82, 2.24) is 19.8 Å². The van der Waals surface area contributed by atoms with Crippen LogP contribution in [0.4, 0.5) is 0 Å². The Hall–Kier alpha value is -1.40. The van der Waals surface area contributed by atoms with Crippen LogP contribution in [0.3, 0.4) is 0 Å². The molecule has 0 aromatic carbocycles. The Kier molecular flexibility index (Phi) is 6.84. The standard InChI is InChI=1S/C15H28N4O2/c1-5-6-13(19-8-7-16-12-19)9-14(20)17-10-15(2,21)11-18(3)4/h7-8,12-13,21H,5-6,9-11H2,1-4H3,(H,17,20). The molecule has 0 aliphatic heterocycles. The van der Waals surface area contributed by atoms with E-state index in [0.717, 1.165) is 12.8 Å².